The van der Waals surface area contributed by atoms with Crippen LogP contribution in [-0.4, -0.2) is 24.2 Å². The summed E-state index contributed by atoms with van der Waals surface area (Å²) in [6, 6.07) is 0. The SMILES string of the molecule is CCCCCNCC1(C(=O)O)CCC1. The number of carboxylic acid groups (broad SMARTS) is 1. The predicted octanol–water partition coefficient (Wildman–Crippen LogP) is 2.02. The lowest BCUT2D eigenvalue weighted by molar-refractivity contribution is -0.154. The minimum Gasteiger partial charge on any atom is -0.481 e. The molecule has 3 nitrogen and oxygen atoms in total. The largest absolute Gasteiger partial charge is 0.481 e. The van der Waals surface area contributed by atoms with Gasteiger partial charge in [-0.1, -0.05) is 26.2 Å². The summed E-state index contributed by atoms with van der Waals surface area (Å²) in [5.74, 6) is -0.619. The Kier molecular flexibility index (Phi) is 4.39. The van der Waals surface area contributed by atoms with Gasteiger partial charge >= 0.3 is 5.97 Å². The molecule has 0 aromatic carbocycles. The van der Waals surface area contributed by atoms with E-state index in [0.29, 0.717) is 6.54 Å². The van der Waals surface area contributed by atoms with E-state index in [4.69, 9.17) is 5.11 Å². The maximum atomic E-state index is 11.0. The highest BCUT2D eigenvalue weighted by molar-refractivity contribution is 5.76. The molecule has 82 valence electrons. The molecule has 0 unspecified atom stereocenters. The maximum absolute atomic E-state index is 11.0. The first-order valence-electron chi connectivity index (χ1n) is 5.65. The summed E-state index contributed by atoms with van der Waals surface area (Å²) < 4.78 is 0. The van der Waals surface area contributed by atoms with Crippen LogP contribution in [0.3, 0.4) is 0 Å². The van der Waals surface area contributed by atoms with Gasteiger partial charge < -0.3 is 10.4 Å². The highest BCUT2D eigenvalue weighted by Crippen LogP contribution is 2.40. The molecule has 1 fully saturated rings. The van der Waals surface area contributed by atoms with Crippen LogP contribution in [-0.2, 0) is 4.79 Å². The highest BCUT2D eigenvalue weighted by Gasteiger charge is 2.43. The first kappa shape index (κ1) is 11.5. The number of rotatable bonds is 7. The quantitative estimate of drug-likeness (QED) is 0.617. The van der Waals surface area contributed by atoms with Crippen molar-refractivity contribution in [3.8, 4) is 0 Å². The van der Waals surface area contributed by atoms with Crippen LogP contribution in [0.4, 0.5) is 0 Å². The van der Waals surface area contributed by atoms with Crippen LogP contribution in [0.1, 0.15) is 45.4 Å². The molecule has 0 aromatic heterocycles. The fourth-order valence-corrected chi connectivity index (χ4v) is 1.90. The summed E-state index contributed by atoms with van der Waals surface area (Å²) in [5, 5.41) is 12.3. The zero-order valence-electron chi connectivity index (χ0n) is 9.01. The van der Waals surface area contributed by atoms with Crippen molar-refractivity contribution in [2.75, 3.05) is 13.1 Å². The Balaban J connectivity index is 2.12. The molecule has 14 heavy (non-hydrogen) atoms. The molecule has 0 aromatic rings. The minimum absolute atomic E-state index is 0.424. The summed E-state index contributed by atoms with van der Waals surface area (Å²) in [7, 11) is 0. The molecule has 3 heteroatoms. The number of nitrogens with one attached hydrogen (secondary N) is 1. The standard InChI is InChI=1S/C11H21NO2/c1-2-3-4-8-12-9-11(10(13)14)6-5-7-11/h12H,2-9H2,1H3,(H,13,14). The molecule has 1 aliphatic carbocycles. The second kappa shape index (κ2) is 5.35. The zero-order valence-corrected chi connectivity index (χ0v) is 9.01. The van der Waals surface area contributed by atoms with Crippen molar-refractivity contribution in [1.82, 2.24) is 5.32 Å². The third-order valence-corrected chi connectivity index (χ3v) is 3.18. The van der Waals surface area contributed by atoms with E-state index in [1.807, 2.05) is 0 Å². The number of carboxylic acids is 1. The lowest BCUT2D eigenvalue weighted by Crippen LogP contribution is -2.46. The van der Waals surface area contributed by atoms with E-state index in [9.17, 15) is 4.79 Å². The van der Waals surface area contributed by atoms with Crippen molar-refractivity contribution in [3.63, 3.8) is 0 Å². The topological polar surface area (TPSA) is 49.3 Å². The van der Waals surface area contributed by atoms with Crippen LogP contribution in [0.25, 0.3) is 0 Å². The average Bonchev–Trinajstić information content (AvgIpc) is 2.07. The molecule has 0 spiro atoms. The van der Waals surface area contributed by atoms with Crippen LogP contribution in [0.15, 0.2) is 0 Å². The van der Waals surface area contributed by atoms with Gasteiger partial charge in [0, 0.05) is 6.54 Å². The van der Waals surface area contributed by atoms with Crippen LogP contribution in [0, 0.1) is 5.41 Å². The summed E-state index contributed by atoms with van der Waals surface area (Å²) in [5.41, 5.74) is -0.424. The molecular weight excluding hydrogens is 178 g/mol. The Morgan fingerprint density at radius 1 is 1.43 bits per heavy atom. The molecule has 1 aliphatic rings. The molecular formula is C11H21NO2. The van der Waals surface area contributed by atoms with E-state index < -0.39 is 11.4 Å². The molecule has 0 atom stereocenters. The Labute approximate surface area is 85.9 Å². The fourth-order valence-electron chi connectivity index (χ4n) is 1.90. The van der Waals surface area contributed by atoms with Crippen LogP contribution in [0.2, 0.25) is 0 Å². The van der Waals surface area contributed by atoms with E-state index in [-0.39, 0.29) is 0 Å². The molecule has 0 amide bonds. The summed E-state index contributed by atoms with van der Waals surface area (Å²) in [4.78, 5) is 11.0. The van der Waals surface area contributed by atoms with Gasteiger partial charge in [-0.15, -0.1) is 0 Å². The van der Waals surface area contributed by atoms with Crippen molar-refractivity contribution >= 4 is 5.97 Å². The van der Waals surface area contributed by atoms with Crippen molar-refractivity contribution in [1.29, 1.82) is 0 Å². The van der Waals surface area contributed by atoms with Gasteiger partial charge in [-0.2, -0.15) is 0 Å². The van der Waals surface area contributed by atoms with Crippen molar-refractivity contribution in [2.24, 2.45) is 5.41 Å². The van der Waals surface area contributed by atoms with Crippen LogP contribution < -0.4 is 5.32 Å². The summed E-state index contributed by atoms with van der Waals surface area (Å²) in [6.45, 7) is 3.79. The predicted molar refractivity (Wildman–Crippen MR) is 56.3 cm³/mol. The van der Waals surface area contributed by atoms with E-state index in [1.165, 1.54) is 12.8 Å². The Morgan fingerprint density at radius 3 is 2.57 bits per heavy atom. The number of aliphatic carboxylic acids is 1. The van der Waals surface area contributed by atoms with Crippen molar-refractivity contribution in [3.05, 3.63) is 0 Å². The number of hydrogen-bond acceptors (Lipinski definition) is 2. The van der Waals surface area contributed by atoms with E-state index >= 15 is 0 Å². The second-order valence-electron chi connectivity index (χ2n) is 4.32. The lowest BCUT2D eigenvalue weighted by atomic mass is 9.69. The molecule has 0 aliphatic heterocycles. The monoisotopic (exact) mass is 199 g/mol. The zero-order chi connectivity index (χ0) is 10.4. The Bertz CT molecular complexity index is 188. The van der Waals surface area contributed by atoms with Gasteiger partial charge in [0.1, 0.15) is 0 Å². The van der Waals surface area contributed by atoms with E-state index in [1.54, 1.807) is 0 Å². The van der Waals surface area contributed by atoms with Gasteiger partial charge in [0.25, 0.3) is 0 Å². The normalized spacial score (nSPS) is 18.9. The van der Waals surface area contributed by atoms with Crippen molar-refractivity contribution < 1.29 is 9.90 Å². The van der Waals surface area contributed by atoms with E-state index in [2.05, 4.69) is 12.2 Å². The van der Waals surface area contributed by atoms with Gasteiger partial charge in [-0.25, -0.2) is 0 Å². The minimum atomic E-state index is -0.619. The number of unbranched alkanes of at least 4 members (excludes halogenated alkanes) is 2. The van der Waals surface area contributed by atoms with Gasteiger partial charge in [-0.05, 0) is 25.8 Å². The van der Waals surface area contributed by atoms with E-state index in [0.717, 1.165) is 32.2 Å². The molecule has 0 heterocycles. The van der Waals surface area contributed by atoms with Gasteiger partial charge in [0.05, 0.1) is 5.41 Å². The molecule has 0 bridgehead atoms. The summed E-state index contributed by atoms with van der Waals surface area (Å²) >= 11 is 0. The van der Waals surface area contributed by atoms with Crippen molar-refractivity contribution in [2.45, 2.75) is 45.4 Å². The Hall–Kier alpha value is -0.570. The second-order valence-corrected chi connectivity index (χ2v) is 4.32. The molecule has 1 saturated carbocycles. The average molecular weight is 199 g/mol. The fraction of sp³-hybridized carbons (Fsp3) is 0.909. The first-order valence-corrected chi connectivity index (χ1v) is 5.65. The molecule has 0 radical (unpaired) electrons. The summed E-state index contributed by atoms with van der Waals surface area (Å²) in [6.07, 6.45) is 6.38. The Morgan fingerprint density at radius 2 is 2.14 bits per heavy atom. The van der Waals surface area contributed by atoms with Crippen LogP contribution in [0.5, 0.6) is 0 Å². The third kappa shape index (κ3) is 2.71. The highest BCUT2D eigenvalue weighted by atomic mass is 16.4. The van der Waals surface area contributed by atoms with Crippen LogP contribution >= 0.6 is 0 Å². The lowest BCUT2D eigenvalue weighted by Gasteiger charge is -2.37. The van der Waals surface area contributed by atoms with Gasteiger partial charge in [0.15, 0.2) is 0 Å². The maximum Gasteiger partial charge on any atom is 0.310 e. The molecule has 0 saturated heterocycles. The third-order valence-electron chi connectivity index (χ3n) is 3.18. The van der Waals surface area contributed by atoms with Gasteiger partial charge in [0.2, 0.25) is 0 Å². The molecule has 1 rings (SSSR count). The number of hydrogen-bond donors (Lipinski definition) is 2. The molecule has 2 N–H and O–H groups in total. The number of carbonyl (C=O) groups is 1. The first-order chi connectivity index (χ1) is 6.71. The smallest absolute Gasteiger partial charge is 0.310 e. The van der Waals surface area contributed by atoms with Gasteiger partial charge in [-0.3, -0.25) is 4.79 Å².